The van der Waals surface area contributed by atoms with E-state index in [1.807, 2.05) is 0 Å². The number of aromatic nitrogens is 1. The van der Waals surface area contributed by atoms with E-state index >= 15 is 0 Å². The summed E-state index contributed by atoms with van der Waals surface area (Å²) in [4.78, 5) is 4.70. The molecule has 0 aliphatic heterocycles. The third-order valence-electron chi connectivity index (χ3n) is 3.87. The Labute approximate surface area is 121 Å². The summed E-state index contributed by atoms with van der Waals surface area (Å²) in [7, 11) is 0. The van der Waals surface area contributed by atoms with Crippen molar-refractivity contribution in [2.45, 2.75) is 46.5 Å². The van der Waals surface area contributed by atoms with Crippen LogP contribution in [0.5, 0.6) is 0 Å². The van der Waals surface area contributed by atoms with Gasteiger partial charge in [0.25, 0.3) is 0 Å². The Morgan fingerprint density at radius 1 is 1.25 bits per heavy atom. The second-order valence-corrected chi connectivity index (χ2v) is 5.70. The lowest BCUT2D eigenvalue weighted by atomic mass is 9.95. The van der Waals surface area contributed by atoms with Crippen molar-refractivity contribution in [3.63, 3.8) is 0 Å². The van der Waals surface area contributed by atoms with Crippen molar-refractivity contribution in [1.82, 2.24) is 4.98 Å². The summed E-state index contributed by atoms with van der Waals surface area (Å²) in [5, 5.41) is 2.49. The summed E-state index contributed by atoms with van der Waals surface area (Å²) in [6.07, 6.45) is 4.13. The third-order valence-corrected chi connectivity index (χ3v) is 3.87. The topological polar surface area (TPSA) is 38.9 Å². The van der Waals surface area contributed by atoms with E-state index in [0.29, 0.717) is 11.7 Å². The molecule has 106 valence electrons. The van der Waals surface area contributed by atoms with Gasteiger partial charge in [0, 0.05) is 10.9 Å². The van der Waals surface area contributed by atoms with Crippen LogP contribution in [0.1, 0.15) is 51.3 Å². The monoisotopic (exact) mass is 268 g/mol. The van der Waals surface area contributed by atoms with Gasteiger partial charge in [0.1, 0.15) is 5.82 Å². The number of hydrogen-bond donors (Lipinski definition) is 1. The molecule has 1 unspecified atom stereocenters. The highest BCUT2D eigenvalue weighted by Gasteiger charge is 2.14. The van der Waals surface area contributed by atoms with E-state index in [9.17, 15) is 0 Å². The predicted molar refractivity (Wildman–Crippen MR) is 88.0 cm³/mol. The van der Waals surface area contributed by atoms with E-state index in [0.717, 1.165) is 24.1 Å². The van der Waals surface area contributed by atoms with Crippen molar-refractivity contribution in [2.75, 3.05) is 5.73 Å². The van der Waals surface area contributed by atoms with Crippen LogP contribution >= 0.6 is 0 Å². The van der Waals surface area contributed by atoms with Crippen LogP contribution in [-0.4, -0.2) is 4.98 Å². The highest BCUT2D eigenvalue weighted by atomic mass is 14.9. The predicted octanol–water partition coefficient (Wildman–Crippen LogP) is 4.84. The van der Waals surface area contributed by atoms with E-state index in [1.54, 1.807) is 0 Å². The van der Waals surface area contributed by atoms with Crippen molar-refractivity contribution in [3.05, 3.63) is 47.2 Å². The molecule has 0 aliphatic carbocycles. The van der Waals surface area contributed by atoms with Gasteiger partial charge in [0.05, 0.1) is 5.69 Å². The molecule has 0 radical (unpaired) electrons. The maximum Gasteiger partial charge on any atom is 0.127 e. The van der Waals surface area contributed by atoms with E-state index in [2.05, 4.69) is 58.0 Å². The molecule has 1 aromatic carbocycles. The van der Waals surface area contributed by atoms with Crippen LogP contribution in [0.3, 0.4) is 0 Å². The minimum Gasteiger partial charge on any atom is -0.383 e. The lowest BCUT2D eigenvalue weighted by molar-refractivity contribution is 0.716. The fraction of sp³-hybridized carbons (Fsp3) is 0.389. The first-order valence-corrected chi connectivity index (χ1v) is 7.35. The minimum absolute atomic E-state index is 0.430. The van der Waals surface area contributed by atoms with Crippen LogP contribution in [0.2, 0.25) is 0 Å². The van der Waals surface area contributed by atoms with Crippen molar-refractivity contribution in [1.29, 1.82) is 0 Å². The molecule has 2 N–H and O–H groups in total. The van der Waals surface area contributed by atoms with E-state index in [-0.39, 0.29) is 0 Å². The quantitative estimate of drug-likeness (QED) is 0.806. The van der Waals surface area contributed by atoms with Gasteiger partial charge in [-0.25, -0.2) is 4.98 Å². The molecule has 0 fully saturated rings. The number of anilines is 1. The summed E-state index contributed by atoms with van der Waals surface area (Å²) >= 11 is 0. The Balaban J connectivity index is 2.66. The fourth-order valence-corrected chi connectivity index (χ4v) is 2.45. The average Bonchev–Trinajstić information content (AvgIpc) is 2.44. The van der Waals surface area contributed by atoms with Gasteiger partial charge in [-0.05, 0) is 38.0 Å². The van der Waals surface area contributed by atoms with Crippen molar-refractivity contribution in [3.8, 4) is 0 Å². The minimum atomic E-state index is 0.430. The Morgan fingerprint density at radius 2 is 1.90 bits per heavy atom. The number of benzene rings is 1. The molecule has 0 aliphatic rings. The Morgan fingerprint density at radius 3 is 2.50 bits per heavy atom. The molecule has 2 heteroatoms. The molecule has 0 saturated carbocycles. The zero-order chi connectivity index (χ0) is 14.7. The zero-order valence-electron chi connectivity index (χ0n) is 12.9. The van der Waals surface area contributed by atoms with Crippen molar-refractivity contribution >= 4 is 16.6 Å². The van der Waals surface area contributed by atoms with E-state index in [1.165, 1.54) is 16.3 Å². The van der Waals surface area contributed by atoms with Crippen LogP contribution in [0.25, 0.3) is 10.8 Å². The molecule has 2 aromatic rings. The van der Waals surface area contributed by atoms with Gasteiger partial charge in [0.2, 0.25) is 0 Å². The Bertz CT molecular complexity index is 637. The van der Waals surface area contributed by atoms with E-state index < -0.39 is 0 Å². The summed E-state index contributed by atoms with van der Waals surface area (Å²) in [6.45, 7) is 8.62. The van der Waals surface area contributed by atoms with Gasteiger partial charge in [-0.3, -0.25) is 0 Å². The van der Waals surface area contributed by atoms with E-state index in [4.69, 9.17) is 10.7 Å². The molecular formula is C18H24N2. The molecule has 0 saturated heterocycles. The molecule has 2 nitrogen and oxygen atoms in total. The lowest BCUT2D eigenvalue weighted by Crippen LogP contribution is -2.05. The lowest BCUT2D eigenvalue weighted by Gasteiger charge is -2.16. The molecule has 20 heavy (non-hydrogen) atoms. The number of nitrogens with zero attached hydrogens (tertiary/aromatic N) is 1. The molecule has 1 atom stereocenters. The number of allylic oxidation sites excluding steroid dienone is 2. The smallest absolute Gasteiger partial charge is 0.127 e. The molecule has 0 amide bonds. The second kappa shape index (κ2) is 6.08. The summed E-state index contributed by atoms with van der Waals surface area (Å²) in [5.41, 5.74) is 9.80. The number of nitrogens with two attached hydrogens (primary N) is 1. The Hall–Kier alpha value is -1.83. The zero-order valence-corrected chi connectivity index (χ0v) is 12.9. The fourth-order valence-electron chi connectivity index (χ4n) is 2.45. The first-order chi connectivity index (χ1) is 9.54. The van der Waals surface area contributed by atoms with Crippen LogP contribution in [0.15, 0.2) is 35.9 Å². The highest BCUT2D eigenvalue weighted by Crippen LogP contribution is 2.31. The molecular weight excluding hydrogens is 244 g/mol. The van der Waals surface area contributed by atoms with Crippen LogP contribution < -0.4 is 5.73 Å². The number of fused-ring (bicyclic) bond motifs is 1. The standard InChI is InChI=1S/C18H24N2/c1-5-13(4)17-15-9-7-6-8-14(15)16(18(19)20-17)11-10-12(2)3/h6-10,13H,5,11H2,1-4H3,(H2,19,20). The van der Waals surface area contributed by atoms with Crippen molar-refractivity contribution in [2.24, 2.45) is 0 Å². The van der Waals surface area contributed by atoms with Gasteiger partial charge in [-0.1, -0.05) is 49.8 Å². The van der Waals surface area contributed by atoms with Gasteiger partial charge in [-0.15, -0.1) is 0 Å². The van der Waals surface area contributed by atoms with Crippen LogP contribution in [-0.2, 0) is 6.42 Å². The molecule has 0 spiro atoms. The number of pyridine rings is 1. The summed E-state index contributed by atoms with van der Waals surface area (Å²) in [5.74, 6) is 1.11. The van der Waals surface area contributed by atoms with Gasteiger partial charge in [0.15, 0.2) is 0 Å². The summed E-state index contributed by atoms with van der Waals surface area (Å²) < 4.78 is 0. The normalized spacial score (nSPS) is 12.4. The largest absolute Gasteiger partial charge is 0.383 e. The molecule has 2 rings (SSSR count). The first kappa shape index (κ1) is 14.6. The summed E-state index contributed by atoms with van der Waals surface area (Å²) in [6, 6.07) is 8.48. The van der Waals surface area contributed by atoms with Crippen LogP contribution in [0.4, 0.5) is 5.82 Å². The number of rotatable bonds is 4. The van der Waals surface area contributed by atoms with Crippen LogP contribution in [0, 0.1) is 0 Å². The maximum absolute atomic E-state index is 6.23. The SMILES string of the molecule is CCC(C)c1nc(N)c(CC=C(C)C)c2ccccc12. The average molecular weight is 268 g/mol. The number of hydrogen-bond acceptors (Lipinski definition) is 2. The highest BCUT2D eigenvalue weighted by molar-refractivity contribution is 5.91. The van der Waals surface area contributed by atoms with Gasteiger partial charge >= 0.3 is 0 Å². The molecule has 1 aromatic heterocycles. The maximum atomic E-state index is 6.23. The molecule has 0 bridgehead atoms. The second-order valence-electron chi connectivity index (χ2n) is 5.70. The van der Waals surface area contributed by atoms with Gasteiger partial charge < -0.3 is 5.73 Å². The van der Waals surface area contributed by atoms with Crippen molar-refractivity contribution < 1.29 is 0 Å². The Kier molecular flexibility index (Phi) is 4.43. The number of nitrogen functional groups attached to an aromatic ring is 1. The van der Waals surface area contributed by atoms with Gasteiger partial charge in [-0.2, -0.15) is 0 Å². The first-order valence-electron chi connectivity index (χ1n) is 7.35. The third kappa shape index (κ3) is 2.84. The molecule has 1 heterocycles.